The van der Waals surface area contributed by atoms with Gasteiger partial charge in [-0.05, 0) is 54.4 Å². The van der Waals surface area contributed by atoms with E-state index in [0.29, 0.717) is 38.3 Å². The molecule has 1 fully saturated rings. The molecule has 0 radical (unpaired) electrons. The van der Waals surface area contributed by atoms with Gasteiger partial charge in [-0.25, -0.2) is 0 Å². The van der Waals surface area contributed by atoms with Gasteiger partial charge in [-0.15, -0.1) is 0 Å². The lowest BCUT2D eigenvalue weighted by atomic mass is 10.1. The van der Waals surface area contributed by atoms with Gasteiger partial charge in [0.15, 0.2) is 0 Å². The summed E-state index contributed by atoms with van der Waals surface area (Å²) >= 11 is 0. The number of hydrogen-bond acceptors (Lipinski definition) is 5. The van der Waals surface area contributed by atoms with E-state index in [1.165, 1.54) is 5.56 Å². The summed E-state index contributed by atoms with van der Waals surface area (Å²) in [6.07, 6.45) is 0.911. The quantitative estimate of drug-likeness (QED) is 0.594. The Balaban J connectivity index is 1.19. The normalized spacial score (nSPS) is 15.6. The molecule has 1 saturated heterocycles. The molecule has 180 valence electrons. The number of hydrogen-bond donors (Lipinski definition) is 1. The number of carbonyl (C=O) groups excluding carboxylic acids is 2. The molecule has 2 aliphatic heterocycles. The maximum Gasteiger partial charge on any atom is 0.256 e. The SMILES string of the molecule is COc1ccc(Nc2ccccc2C(=O)N2CCN(CC(=O)N3CCc4ccccc43)CC2)cc1. The van der Waals surface area contributed by atoms with E-state index < -0.39 is 0 Å². The van der Waals surface area contributed by atoms with Crippen LogP contribution in [0.1, 0.15) is 15.9 Å². The Bertz CT molecular complexity index is 1200. The summed E-state index contributed by atoms with van der Waals surface area (Å²) in [5, 5.41) is 3.35. The van der Waals surface area contributed by atoms with Crippen molar-refractivity contribution in [2.24, 2.45) is 0 Å². The Morgan fingerprint density at radius 2 is 1.57 bits per heavy atom. The van der Waals surface area contributed by atoms with Crippen LogP contribution in [0.5, 0.6) is 5.75 Å². The van der Waals surface area contributed by atoms with E-state index in [1.807, 2.05) is 76.5 Å². The first-order chi connectivity index (χ1) is 17.1. The number of ether oxygens (including phenoxy) is 1. The molecular weight excluding hydrogens is 440 g/mol. The third kappa shape index (κ3) is 5.00. The lowest BCUT2D eigenvalue weighted by Gasteiger charge is -2.35. The van der Waals surface area contributed by atoms with Gasteiger partial charge >= 0.3 is 0 Å². The fourth-order valence-electron chi connectivity index (χ4n) is 4.76. The molecule has 1 N–H and O–H groups in total. The number of fused-ring (bicyclic) bond motifs is 1. The fraction of sp³-hybridized carbons (Fsp3) is 0.286. The monoisotopic (exact) mass is 470 g/mol. The van der Waals surface area contributed by atoms with E-state index in [9.17, 15) is 9.59 Å². The van der Waals surface area contributed by atoms with Gasteiger partial charge in [0, 0.05) is 44.1 Å². The summed E-state index contributed by atoms with van der Waals surface area (Å²) in [5.41, 5.74) is 4.57. The van der Waals surface area contributed by atoms with Crippen LogP contribution in [0.4, 0.5) is 17.1 Å². The topological polar surface area (TPSA) is 65.1 Å². The van der Waals surface area contributed by atoms with E-state index in [-0.39, 0.29) is 11.8 Å². The zero-order chi connectivity index (χ0) is 24.2. The molecule has 0 bridgehead atoms. The highest BCUT2D eigenvalue weighted by molar-refractivity contribution is 6.00. The van der Waals surface area contributed by atoms with Crippen LogP contribution >= 0.6 is 0 Å². The van der Waals surface area contributed by atoms with Crippen molar-refractivity contribution in [2.75, 3.05) is 56.6 Å². The average Bonchev–Trinajstić information content (AvgIpc) is 3.34. The van der Waals surface area contributed by atoms with Gasteiger partial charge in [0.2, 0.25) is 5.91 Å². The molecule has 0 saturated carbocycles. The van der Waals surface area contributed by atoms with Gasteiger partial charge in [0.25, 0.3) is 5.91 Å². The predicted octanol–water partition coefficient (Wildman–Crippen LogP) is 3.79. The Hall–Kier alpha value is -3.84. The van der Waals surface area contributed by atoms with Crippen molar-refractivity contribution in [2.45, 2.75) is 6.42 Å². The van der Waals surface area contributed by atoms with Crippen molar-refractivity contribution < 1.29 is 14.3 Å². The lowest BCUT2D eigenvalue weighted by molar-refractivity contribution is -0.120. The first-order valence-electron chi connectivity index (χ1n) is 12.0. The zero-order valence-corrected chi connectivity index (χ0v) is 19.9. The predicted molar refractivity (Wildman–Crippen MR) is 138 cm³/mol. The van der Waals surface area contributed by atoms with Gasteiger partial charge in [-0.2, -0.15) is 0 Å². The summed E-state index contributed by atoms with van der Waals surface area (Å²) < 4.78 is 5.22. The molecule has 0 spiro atoms. The molecule has 2 heterocycles. The summed E-state index contributed by atoms with van der Waals surface area (Å²) in [5.74, 6) is 0.912. The van der Waals surface area contributed by atoms with Crippen LogP contribution in [-0.2, 0) is 11.2 Å². The Morgan fingerprint density at radius 3 is 2.34 bits per heavy atom. The third-order valence-corrected chi connectivity index (χ3v) is 6.73. The van der Waals surface area contributed by atoms with Gasteiger partial charge in [0.1, 0.15) is 5.75 Å². The van der Waals surface area contributed by atoms with Crippen molar-refractivity contribution in [1.29, 1.82) is 0 Å². The van der Waals surface area contributed by atoms with Crippen LogP contribution in [0.2, 0.25) is 0 Å². The van der Waals surface area contributed by atoms with Crippen LogP contribution in [0.3, 0.4) is 0 Å². The average molecular weight is 471 g/mol. The number of methoxy groups -OCH3 is 1. The van der Waals surface area contributed by atoms with E-state index in [1.54, 1.807) is 7.11 Å². The van der Waals surface area contributed by atoms with Crippen LogP contribution in [0.15, 0.2) is 72.8 Å². The molecule has 0 unspecified atom stereocenters. The lowest BCUT2D eigenvalue weighted by Crippen LogP contribution is -2.51. The van der Waals surface area contributed by atoms with Gasteiger partial charge in [-0.1, -0.05) is 30.3 Å². The number of benzene rings is 3. The standard InChI is InChI=1S/C28H30N4O3/c1-35-23-12-10-22(11-13-23)29-25-8-4-3-7-24(25)28(34)31-18-16-30(17-19-31)20-27(33)32-15-14-21-6-2-5-9-26(21)32/h2-13,29H,14-20H2,1H3. The number of carbonyl (C=O) groups is 2. The molecular formula is C28H30N4O3. The minimum atomic E-state index is 0.000980. The van der Waals surface area contributed by atoms with Gasteiger partial charge < -0.3 is 19.9 Å². The summed E-state index contributed by atoms with van der Waals surface area (Å²) in [4.78, 5) is 32.2. The highest BCUT2D eigenvalue weighted by Crippen LogP contribution is 2.28. The summed E-state index contributed by atoms with van der Waals surface area (Å²) in [6, 6.07) is 23.3. The first-order valence-corrected chi connectivity index (χ1v) is 12.0. The molecule has 2 amide bonds. The summed E-state index contributed by atoms with van der Waals surface area (Å²) in [7, 11) is 1.64. The molecule has 0 aromatic heterocycles. The number of anilines is 3. The Labute approximate surface area is 205 Å². The molecule has 3 aromatic rings. The maximum atomic E-state index is 13.4. The van der Waals surface area contributed by atoms with E-state index >= 15 is 0 Å². The molecule has 7 nitrogen and oxygen atoms in total. The van der Waals surface area contributed by atoms with Crippen molar-refractivity contribution in [3.05, 3.63) is 83.9 Å². The molecule has 7 heteroatoms. The molecule has 0 aliphatic carbocycles. The van der Waals surface area contributed by atoms with Crippen molar-refractivity contribution in [3.8, 4) is 5.75 Å². The van der Waals surface area contributed by atoms with Gasteiger partial charge in [0.05, 0.1) is 24.9 Å². The molecule has 3 aromatic carbocycles. The minimum absolute atomic E-state index is 0.000980. The number of piperazine rings is 1. The number of amides is 2. The highest BCUT2D eigenvalue weighted by atomic mass is 16.5. The minimum Gasteiger partial charge on any atom is -0.497 e. The van der Waals surface area contributed by atoms with Gasteiger partial charge in [-0.3, -0.25) is 14.5 Å². The largest absolute Gasteiger partial charge is 0.497 e. The third-order valence-electron chi connectivity index (χ3n) is 6.73. The Morgan fingerprint density at radius 1 is 0.857 bits per heavy atom. The van der Waals surface area contributed by atoms with Crippen molar-refractivity contribution >= 4 is 28.9 Å². The molecule has 35 heavy (non-hydrogen) atoms. The molecule has 2 aliphatic rings. The smallest absolute Gasteiger partial charge is 0.256 e. The van der Waals surface area contributed by atoms with E-state index in [0.717, 1.165) is 35.8 Å². The second-order valence-electron chi connectivity index (χ2n) is 8.89. The van der Waals surface area contributed by atoms with E-state index in [2.05, 4.69) is 16.3 Å². The summed E-state index contributed by atoms with van der Waals surface area (Å²) in [6.45, 7) is 3.68. The second kappa shape index (κ2) is 10.2. The molecule has 0 atom stereocenters. The molecule has 5 rings (SSSR count). The first kappa shape index (κ1) is 22.9. The van der Waals surface area contributed by atoms with Crippen LogP contribution in [0.25, 0.3) is 0 Å². The van der Waals surface area contributed by atoms with Crippen LogP contribution in [-0.4, -0.2) is 68.0 Å². The fourth-order valence-corrected chi connectivity index (χ4v) is 4.76. The van der Waals surface area contributed by atoms with E-state index in [4.69, 9.17) is 4.74 Å². The number of nitrogens with one attached hydrogen (secondary N) is 1. The van der Waals surface area contributed by atoms with Crippen LogP contribution in [0, 0.1) is 0 Å². The number of nitrogens with zero attached hydrogens (tertiary/aromatic N) is 3. The maximum absolute atomic E-state index is 13.4. The zero-order valence-electron chi connectivity index (χ0n) is 19.9. The Kier molecular flexibility index (Phi) is 6.68. The second-order valence-corrected chi connectivity index (χ2v) is 8.89. The highest BCUT2D eigenvalue weighted by Gasteiger charge is 2.28. The number of rotatable bonds is 6. The van der Waals surface area contributed by atoms with Crippen molar-refractivity contribution in [3.63, 3.8) is 0 Å². The number of para-hydroxylation sites is 2. The van der Waals surface area contributed by atoms with Crippen molar-refractivity contribution in [1.82, 2.24) is 9.80 Å². The van der Waals surface area contributed by atoms with Crippen LogP contribution < -0.4 is 15.0 Å².